The Morgan fingerprint density at radius 3 is 2.88 bits per heavy atom. The van der Waals surface area contributed by atoms with Crippen LogP contribution in [0.4, 0.5) is 4.39 Å². The molecule has 7 heteroatoms. The summed E-state index contributed by atoms with van der Waals surface area (Å²) < 4.78 is 19.3. The number of rotatable bonds is 4. The molecule has 1 aliphatic rings. The lowest BCUT2D eigenvalue weighted by Crippen LogP contribution is -2.33. The Labute approximate surface area is 149 Å². The van der Waals surface area contributed by atoms with E-state index in [2.05, 4.69) is 15.3 Å². The SMILES string of the molecule is CCOC(=O)C1=C(C)NC(c2nccs2)=NC1c1cccc(F)c1C. The fraction of sp³-hybridized carbons (Fsp3) is 0.278. The molecule has 0 radical (unpaired) electrons. The quantitative estimate of drug-likeness (QED) is 0.849. The molecule has 5 nitrogen and oxygen atoms in total. The van der Waals surface area contributed by atoms with Crippen LogP contribution in [-0.2, 0) is 9.53 Å². The number of benzene rings is 1. The highest BCUT2D eigenvalue weighted by atomic mass is 32.1. The molecule has 0 amide bonds. The highest BCUT2D eigenvalue weighted by Crippen LogP contribution is 2.34. The first-order chi connectivity index (χ1) is 12.0. The van der Waals surface area contributed by atoms with Crippen molar-refractivity contribution in [3.63, 3.8) is 0 Å². The molecule has 1 aromatic carbocycles. The Balaban J connectivity index is 2.13. The van der Waals surface area contributed by atoms with Crippen molar-refractivity contribution in [1.29, 1.82) is 0 Å². The van der Waals surface area contributed by atoms with Crippen LogP contribution in [-0.4, -0.2) is 23.4 Å². The first-order valence-electron chi connectivity index (χ1n) is 7.90. The molecule has 1 N–H and O–H groups in total. The number of thiazole rings is 1. The summed E-state index contributed by atoms with van der Waals surface area (Å²) in [6.07, 6.45) is 1.69. The predicted octanol–water partition coefficient (Wildman–Crippen LogP) is 3.52. The van der Waals surface area contributed by atoms with Gasteiger partial charge in [-0.25, -0.2) is 14.2 Å². The number of carbonyl (C=O) groups is 1. The van der Waals surface area contributed by atoms with E-state index >= 15 is 0 Å². The van der Waals surface area contributed by atoms with Crippen LogP contribution in [0.3, 0.4) is 0 Å². The van der Waals surface area contributed by atoms with Gasteiger partial charge in [0, 0.05) is 17.3 Å². The zero-order chi connectivity index (χ0) is 18.0. The summed E-state index contributed by atoms with van der Waals surface area (Å²) in [4.78, 5) is 21.4. The van der Waals surface area contributed by atoms with Crippen LogP contribution in [0.5, 0.6) is 0 Å². The molecule has 1 aromatic heterocycles. The first-order valence-corrected chi connectivity index (χ1v) is 8.78. The number of halogens is 1. The second-order valence-corrected chi connectivity index (χ2v) is 6.45. The van der Waals surface area contributed by atoms with Gasteiger partial charge in [-0.3, -0.25) is 4.99 Å². The number of amidine groups is 1. The van der Waals surface area contributed by atoms with Gasteiger partial charge in [0.25, 0.3) is 0 Å². The molecule has 0 saturated carbocycles. The third-order valence-electron chi connectivity index (χ3n) is 3.98. The Morgan fingerprint density at radius 1 is 1.40 bits per heavy atom. The fourth-order valence-electron chi connectivity index (χ4n) is 2.74. The Hall–Kier alpha value is -2.54. The highest BCUT2D eigenvalue weighted by molar-refractivity contribution is 7.11. The summed E-state index contributed by atoms with van der Waals surface area (Å²) in [5.74, 6) is -0.222. The van der Waals surface area contributed by atoms with E-state index in [9.17, 15) is 9.18 Å². The lowest BCUT2D eigenvalue weighted by atomic mass is 9.92. The van der Waals surface area contributed by atoms with Crippen molar-refractivity contribution in [2.45, 2.75) is 26.8 Å². The van der Waals surface area contributed by atoms with Crippen LogP contribution in [0.15, 0.2) is 46.0 Å². The smallest absolute Gasteiger partial charge is 0.338 e. The number of esters is 1. The predicted molar refractivity (Wildman–Crippen MR) is 95.0 cm³/mol. The molecule has 2 aromatic rings. The number of carbonyl (C=O) groups excluding carboxylic acids is 1. The Bertz CT molecular complexity index is 859. The van der Waals surface area contributed by atoms with Crippen molar-refractivity contribution in [2.75, 3.05) is 6.61 Å². The lowest BCUT2D eigenvalue weighted by molar-refractivity contribution is -0.138. The maximum atomic E-state index is 14.1. The number of nitrogens with zero attached hydrogens (tertiary/aromatic N) is 2. The van der Waals surface area contributed by atoms with Gasteiger partial charge in [-0.15, -0.1) is 11.3 Å². The molecule has 1 unspecified atom stereocenters. The molecule has 2 heterocycles. The van der Waals surface area contributed by atoms with Gasteiger partial charge >= 0.3 is 5.97 Å². The number of ether oxygens (including phenoxy) is 1. The van der Waals surface area contributed by atoms with Crippen LogP contribution < -0.4 is 5.32 Å². The van der Waals surface area contributed by atoms with Crippen LogP contribution in [0, 0.1) is 12.7 Å². The second kappa shape index (κ2) is 7.14. The van der Waals surface area contributed by atoms with Crippen molar-refractivity contribution >= 4 is 23.1 Å². The largest absolute Gasteiger partial charge is 0.463 e. The molecule has 3 rings (SSSR count). The highest BCUT2D eigenvalue weighted by Gasteiger charge is 2.32. The minimum atomic E-state index is -0.644. The molecule has 0 saturated heterocycles. The van der Waals surface area contributed by atoms with Crippen molar-refractivity contribution in [1.82, 2.24) is 10.3 Å². The van der Waals surface area contributed by atoms with E-state index in [4.69, 9.17) is 4.74 Å². The number of hydrogen-bond donors (Lipinski definition) is 1. The molecular formula is C18H18FN3O2S. The number of nitrogens with one attached hydrogen (secondary N) is 1. The molecule has 0 bridgehead atoms. The average molecular weight is 359 g/mol. The topological polar surface area (TPSA) is 63.6 Å². The van der Waals surface area contributed by atoms with E-state index in [0.29, 0.717) is 33.2 Å². The molecular weight excluding hydrogens is 341 g/mol. The number of aliphatic imine (C=N–C) groups is 1. The van der Waals surface area contributed by atoms with Gasteiger partial charge in [0.2, 0.25) is 0 Å². The maximum absolute atomic E-state index is 14.1. The Kier molecular flexibility index (Phi) is 4.94. The van der Waals surface area contributed by atoms with Gasteiger partial charge in [0.1, 0.15) is 11.9 Å². The summed E-state index contributed by atoms with van der Waals surface area (Å²) in [7, 11) is 0. The van der Waals surface area contributed by atoms with Gasteiger partial charge in [-0.1, -0.05) is 12.1 Å². The van der Waals surface area contributed by atoms with E-state index in [-0.39, 0.29) is 12.4 Å². The van der Waals surface area contributed by atoms with Crippen molar-refractivity contribution in [3.05, 3.63) is 63.0 Å². The summed E-state index contributed by atoms with van der Waals surface area (Å²) >= 11 is 1.44. The normalized spacial score (nSPS) is 17.1. The zero-order valence-corrected chi connectivity index (χ0v) is 15.0. The van der Waals surface area contributed by atoms with Gasteiger partial charge < -0.3 is 10.1 Å². The Morgan fingerprint density at radius 2 is 2.20 bits per heavy atom. The minimum absolute atomic E-state index is 0.257. The molecule has 0 spiro atoms. The van der Waals surface area contributed by atoms with E-state index in [1.165, 1.54) is 17.4 Å². The molecule has 1 aliphatic heterocycles. The van der Waals surface area contributed by atoms with E-state index in [0.717, 1.165) is 0 Å². The van der Waals surface area contributed by atoms with Crippen LogP contribution in [0.25, 0.3) is 0 Å². The van der Waals surface area contributed by atoms with Crippen LogP contribution in [0.2, 0.25) is 0 Å². The van der Waals surface area contributed by atoms with Gasteiger partial charge in [0.15, 0.2) is 10.8 Å². The molecule has 1 atom stereocenters. The second-order valence-electron chi connectivity index (χ2n) is 5.56. The fourth-order valence-corrected chi connectivity index (χ4v) is 3.33. The standard InChI is InChI=1S/C18H18FN3O2S/c1-4-24-18(23)14-11(3)21-16(17-20-8-9-25-17)22-15(14)12-6-5-7-13(19)10(12)2/h5-9,15H,4H2,1-3H3,(H,21,22). The van der Waals surface area contributed by atoms with Crippen LogP contribution in [0.1, 0.15) is 36.0 Å². The maximum Gasteiger partial charge on any atom is 0.338 e. The summed E-state index contributed by atoms with van der Waals surface area (Å²) in [6.45, 7) is 5.48. The van der Waals surface area contributed by atoms with Gasteiger partial charge in [0.05, 0.1) is 12.2 Å². The van der Waals surface area contributed by atoms with Gasteiger partial charge in [-0.05, 0) is 38.0 Å². The molecule has 130 valence electrons. The zero-order valence-electron chi connectivity index (χ0n) is 14.2. The molecule has 0 fully saturated rings. The van der Waals surface area contributed by atoms with Crippen LogP contribution >= 0.6 is 11.3 Å². The van der Waals surface area contributed by atoms with E-state index in [1.807, 2.05) is 5.38 Å². The summed E-state index contributed by atoms with van der Waals surface area (Å²) in [6, 6.07) is 4.15. The van der Waals surface area contributed by atoms with Crippen molar-refractivity contribution < 1.29 is 13.9 Å². The summed E-state index contributed by atoms with van der Waals surface area (Å²) in [5.41, 5.74) is 2.12. The lowest BCUT2D eigenvalue weighted by Gasteiger charge is -2.26. The molecule has 0 aliphatic carbocycles. The average Bonchev–Trinajstić information content (AvgIpc) is 3.11. The summed E-state index contributed by atoms with van der Waals surface area (Å²) in [5, 5.41) is 5.68. The minimum Gasteiger partial charge on any atom is -0.463 e. The van der Waals surface area contributed by atoms with Crippen molar-refractivity contribution in [2.24, 2.45) is 4.99 Å². The van der Waals surface area contributed by atoms with Crippen molar-refractivity contribution in [3.8, 4) is 0 Å². The first kappa shape index (κ1) is 17.3. The van der Waals surface area contributed by atoms with E-state index < -0.39 is 12.0 Å². The number of hydrogen-bond acceptors (Lipinski definition) is 6. The third-order valence-corrected chi connectivity index (χ3v) is 4.76. The third kappa shape index (κ3) is 3.32. The number of aromatic nitrogens is 1. The number of allylic oxidation sites excluding steroid dienone is 1. The van der Waals surface area contributed by atoms with E-state index in [1.54, 1.807) is 39.1 Å². The van der Waals surface area contributed by atoms with Gasteiger partial charge in [-0.2, -0.15) is 0 Å². The molecule has 25 heavy (non-hydrogen) atoms. The monoisotopic (exact) mass is 359 g/mol.